The van der Waals surface area contributed by atoms with Crippen molar-refractivity contribution in [3.05, 3.63) is 97.5 Å². The molecule has 0 bridgehead atoms. The molecule has 6 rings (SSSR count). The van der Waals surface area contributed by atoms with Crippen molar-refractivity contribution < 1.29 is 13.9 Å². The van der Waals surface area contributed by atoms with E-state index in [9.17, 15) is 0 Å². The second-order valence-electron chi connectivity index (χ2n) is 7.93. The van der Waals surface area contributed by atoms with E-state index in [-0.39, 0.29) is 0 Å². The minimum atomic E-state index is 0.529. The Labute approximate surface area is 190 Å². The molecule has 0 atom stereocenters. The molecule has 0 fully saturated rings. The van der Waals surface area contributed by atoms with E-state index >= 15 is 0 Å². The van der Waals surface area contributed by atoms with Crippen LogP contribution in [0.3, 0.4) is 0 Å². The number of nitrogens with zero attached hydrogens (tertiary/aromatic N) is 3. The Bertz CT molecular complexity index is 1480. The molecule has 6 nitrogen and oxygen atoms in total. The molecule has 0 saturated heterocycles. The quantitative estimate of drug-likeness (QED) is 0.304. The summed E-state index contributed by atoms with van der Waals surface area (Å²) in [6.45, 7) is 0.772. The second-order valence-corrected chi connectivity index (χ2v) is 7.93. The van der Waals surface area contributed by atoms with E-state index in [1.807, 2.05) is 73.8 Å². The predicted molar refractivity (Wildman–Crippen MR) is 129 cm³/mol. The van der Waals surface area contributed by atoms with Gasteiger partial charge < -0.3 is 23.7 Å². The fourth-order valence-electron chi connectivity index (χ4n) is 3.98. The standard InChI is InChI=1S/C27H21N3O3/c1-29-13-14-30(18-29)19-15-23-22-9-2-3-10-24(22)33-27(23)25(16-19)31-20-7-6-8-21(17-20)32-26-11-4-5-12-28-26/h2-17H,18H2,1H3. The summed E-state index contributed by atoms with van der Waals surface area (Å²) < 4.78 is 18.4. The van der Waals surface area contributed by atoms with E-state index in [0.29, 0.717) is 28.7 Å². The monoisotopic (exact) mass is 435 g/mol. The van der Waals surface area contributed by atoms with Gasteiger partial charge in [0.05, 0.1) is 6.67 Å². The van der Waals surface area contributed by atoms with E-state index in [1.165, 1.54) is 0 Å². The zero-order chi connectivity index (χ0) is 22.2. The zero-order valence-corrected chi connectivity index (χ0v) is 18.0. The Kier molecular flexibility index (Phi) is 4.61. The van der Waals surface area contributed by atoms with Crippen molar-refractivity contribution in [3.8, 4) is 23.1 Å². The first-order valence-corrected chi connectivity index (χ1v) is 10.7. The lowest BCUT2D eigenvalue weighted by Crippen LogP contribution is -2.21. The molecule has 0 unspecified atom stereocenters. The number of fused-ring (bicyclic) bond motifs is 3. The molecule has 0 radical (unpaired) electrons. The van der Waals surface area contributed by atoms with Crippen LogP contribution in [-0.2, 0) is 0 Å². The van der Waals surface area contributed by atoms with Crippen molar-refractivity contribution in [2.45, 2.75) is 0 Å². The highest BCUT2D eigenvalue weighted by molar-refractivity contribution is 6.08. The number of benzene rings is 3. The Morgan fingerprint density at radius 3 is 2.48 bits per heavy atom. The molecule has 0 saturated carbocycles. The number of furan rings is 1. The van der Waals surface area contributed by atoms with Crippen LogP contribution in [-0.4, -0.2) is 23.6 Å². The fraction of sp³-hybridized carbons (Fsp3) is 0.0741. The summed E-state index contributed by atoms with van der Waals surface area (Å²) in [5.74, 6) is 2.47. The molecule has 3 aromatic carbocycles. The summed E-state index contributed by atoms with van der Waals surface area (Å²) in [4.78, 5) is 8.52. The molecule has 33 heavy (non-hydrogen) atoms. The van der Waals surface area contributed by atoms with Crippen molar-refractivity contribution in [1.82, 2.24) is 9.88 Å². The third-order valence-electron chi connectivity index (χ3n) is 5.53. The van der Waals surface area contributed by atoms with Gasteiger partial charge in [-0.2, -0.15) is 0 Å². The Hall–Kier alpha value is -4.45. The largest absolute Gasteiger partial charge is 0.453 e. The molecule has 162 valence electrons. The lowest BCUT2D eigenvalue weighted by atomic mass is 10.1. The van der Waals surface area contributed by atoms with Gasteiger partial charge >= 0.3 is 0 Å². The van der Waals surface area contributed by atoms with E-state index in [1.54, 1.807) is 6.20 Å². The smallest absolute Gasteiger partial charge is 0.219 e. The fourth-order valence-corrected chi connectivity index (χ4v) is 3.98. The third-order valence-corrected chi connectivity index (χ3v) is 5.53. The number of aromatic nitrogens is 1. The van der Waals surface area contributed by atoms with Gasteiger partial charge in [0.15, 0.2) is 11.3 Å². The van der Waals surface area contributed by atoms with Crippen molar-refractivity contribution >= 4 is 27.6 Å². The van der Waals surface area contributed by atoms with Crippen LogP contribution in [0.4, 0.5) is 5.69 Å². The molecule has 3 heterocycles. The predicted octanol–water partition coefficient (Wildman–Crippen LogP) is 6.75. The molecule has 5 aromatic rings. The van der Waals surface area contributed by atoms with Gasteiger partial charge in [0, 0.05) is 60.3 Å². The summed E-state index contributed by atoms with van der Waals surface area (Å²) in [5, 5.41) is 2.07. The Morgan fingerprint density at radius 1 is 0.818 bits per heavy atom. The molecule has 2 aromatic heterocycles. The SMILES string of the molecule is CN1C=CN(c2cc(Oc3cccc(Oc4ccccn4)c3)c3oc4ccccc4c3c2)C1. The molecule has 0 aliphatic carbocycles. The summed E-state index contributed by atoms with van der Waals surface area (Å²) in [6.07, 6.45) is 5.81. The number of anilines is 1. The second kappa shape index (κ2) is 7.91. The van der Waals surface area contributed by atoms with Gasteiger partial charge in [-0.05, 0) is 30.3 Å². The zero-order valence-electron chi connectivity index (χ0n) is 18.0. The van der Waals surface area contributed by atoms with Crippen LogP contribution < -0.4 is 14.4 Å². The van der Waals surface area contributed by atoms with Crippen molar-refractivity contribution in [2.24, 2.45) is 0 Å². The minimum absolute atomic E-state index is 0.529. The van der Waals surface area contributed by atoms with Gasteiger partial charge in [-0.1, -0.05) is 30.3 Å². The van der Waals surface area contributed by atoms with Gasteiger partial charge in [-0.15, -0.1) is 0 Å². The van der Waals surface area contributed by atoms with Crippen LogP contribution in [0.15, 0.2) is 102 Å². The average Bonchev–Trinajstić information content (AvgIpc) is 3.44. The lowest BCUT2D eigenvalue weighted by molar-refractivity contribution is 0.447. The Balaban J connectivity index is 1.41. The lowest BCUT2D eigenvalue weighted by Gasteiger charge is -2.19. The maximum atomic E-state index is 6.37. The third kappa shape index (κ3) is 3.72. The van der Waals surface area contributed by atoms with Gasteiger partial charge in [0.25, 0.3) is 0 Å². The number of pyridine rings is 1. The summed E-state index contributed by atoms with van der Waals surface area (Å²) >= 11 is 0. The van der Waals surface area contributed by atoms with Crippen LogP contribution in [0.5, 0.6) is 23.1 Å². The summed E-state index contributed by atoms with van der Waals surface area (Å²) in [7, 11) is 2.05. The molecule has 0 amide bonds. The average molecular weight is 435 g/mol. The first-order valence-electron chi connectivity index (χ1n) is 10.7. The van der Waals surface area contributed by atoms with Crippen LogP contribution in [0, 0.1) is 0 Å². The topological polar surface area (TPSA) is 51.0 Å². The summed E-state index contributed by atoms with van der Waals surface area (Å²) in [6, 6.07) is 25.3. The van der Waals surface area contributed by atoms with Crippen LogP contribution >= 0.6 is 0 Å². The highest BCUT2D eigenvalue weighted by atomic mass is 16.5. The first kappa shape index (κ1) is 19.3. The number of hydrogen-bond donors (Lipinski definition) is 0. The van der Waals surface area contributed by atoms with Crippen LogP contribution in [0.2, 0.25) is 0 Å². The highest BCUT2D eigenvalue weighted by Gasteiger charge is 2.19. The Morgan fingerprint density at radius 2 is 1.67 bits per heavy atom. The van der Waals surface area contributed by atoms with Gasteiger partial charge in [0.1, 0.15) is 17.1 Å². The van der Waals surface area contributed by atoms with E-state index in [2.05, 4.69) is 39.3 Å². The van der Waals surface area contributed by atoms with E-state index < -0.39 is 0 Å². The van der Waals surface area contributed by atoms with Crippen molar-refractivity contribution in [3.63, 3.8) is 0 Å². The molecule has 0 N–H and O–H groups in total. The number of rotatable bonds is 5. The molecule has 0 spiro atoms. The van der Waals surface area contributed by atoms with Gasteiger partial charge in [0.2, 0.25) is 5.88 Å². The summed E-state index contributed by atoms with van der Waals surface area (Å²) in [5.41, 5.74) is 2.58. The number of para-hydroxylation sites is 1. The van der Waals surface area contributed by atoms with Gasteiger partial charge in [-0.3, -0.25) is 0 Å². The highest BCUT2D eigenvalue weighted by Crippen LogP contribution is 2.41. The van der Waals surface area contributed by atoms with Crippen molar-refractivity contribution in [2.75, 3.05) is 18.6 Å². The van der Waals surface area contributed by atoms with Crippen LogP contribution in [0.25, 0.3) is 21.9 Å². The van der Waals surface area contributed by atoms with E-state index in [4.69, 9.17) is 13.9 Å². The molecule has 1 aliphatic heterocycles. The molecule has 1 aliphatic rings. The maximum Gasteiger partial charge on any atom is 0.219 e. The normalized spacial score (nSPS) is 13.2. The van der Waals surface area contributed by atoms with E-state index in [0.717, 1.165) is 28.7 Å². The number of hydrogen-bond acceptors (Lipinski definition) is 6. The molecule has 6 heteroatoms. The number of ether oxygens (including phenoxy) is 2. The van der Waals surface area contributed by atoms with Crippen molar-refractivity contribution in [1.29, 1.82) is 0 Å². The first-order chi connectivity index (χ1) is 16.2. The minimum Gasteiger partial charge on any atom is -0.453 e. The molecular formula is C27H21N3O3. The van der Waals surface area contributed by atoms with Crippen LogP contribution in [0.1, 0.15) is 0 Å². The molecular weight excluding hydrogens is 414 g/mol. The van der Waals surface area contributed by atoms with Gasteiger partial charge in [-0.25, -0.2) is 4.98 Å². The maximum absolute atomic E-state index is 6.37.